The number of carbonyl (C=O) groups is 2. The molecule has 1 heterocycles. The number of allylic oxidation sites excluding steroid dienone is 1. The summed E-state index contributed by atoms with van der Waals surface area (Å²) in [5.41, 5.74) is 0.0282. The maximum Gasteiger partial charge on any atom is 0.413 e. The van der Waals surface area contributed by atoms with E-state index in [9.17, 15) is 9.59 Å². The Morgan fingerprint density at radius 1 is 1.36 bits per heavy atom. The van der Waals surface area contributed by atoms with Crippen LogP contribution in [-0.2, 0) is 20.9 Å². The molecule has 1 aromatic carbocycles. The Bertz CT molecular complexity index is 565. The van der Waals surface area contributed by atoms with Gasteiger partial charge in [0.2, 0.25) is 0 Å². The third-order valence-electron chi connectivity index (χ3n) is 3.55. The van der Waals surface area contributed by atoms with Crippen LogP contribution in [0, 0.1) is 0 Å². The first-order valence-electron chi connectivity index (χ1n) is 7.26. The van der Waals surface area contributed by atoms with Crippen LogP contribution in [0.4, 0.5) is 4.79 Å². The zero-order valence-corrected chi connectivity index (χ0v) is 13.1. The fourth-order valence-corrected chi connectivity index (χ4v) is 2.42. The molecular weight excluding hydrogens is 282 g/mol. The highest BCUT2D eigenvalue weighted by Crippen LogP contribution is 2.29. The van der Waals surface area contributed by atoms with Crippen molar-refractivity contribution in [1.82, 2.24) is 4.90 Å². The third kappa shape index (κ3) is 3.54. The van der Waals surface area contributed by atoms with Crippen molar-refractivity contribution in [3.05, 3.63) is 48.0 Å². The average Bonchev–Trinajstić information content (AvgIpc) is 2.82. The van der Waals surface area contributed by atoms with Gasteiger partial charge in [-0.15, -0.1) is 0 Å². The topological polar surface area (TPSA) is 55.8 Å². The lowest BCUT2D eigenvalue weighted by molar-refractivity contribution is -0.119. The Labute approximate surface area is 130 Å². The SMILES string of the molecule is C/C=C/C(=O)[C@H]1COC(C)(C)N1C(=O)OCc1ccccc1. The summed E-state index contributed by atoms with van der Waals surface area (Å²) in [4.78, 5) is 25.9. The lowest BCUT2D eigenvalue weighted by Crippen LogP contribution is -2.50. The van der Waals surface area contributed by atoms with Crippen molar-refractivity contribution in [3.63, 3.8) is 0 Å². The minimum Gasteiger partial charge on any atom is -0.444 e. The van der Waals surface area contributed by atoms with Crippen LogP contribution in [0.15, 0.2) is 42.5 Å². The normalized spacial score (nSPS) is 20.3. The van der Waals surface area contributed by atoms with E-state index in [0.29, 0.717) is 0 Å². The molecule has 5 nitrogen and oxygen atoms in total. The number of carbonyl (C=O) groups excluding carboxylic acids is 2. The van der Waals surface area contributed by atoms with Crippen molar-refractivity contribution >= 4 is 11.9 Å². The third-order valence-corrected chi connectivity index (χ3v) is 3.55. The van der Waals surface area contributed by atoms with Crippen LogP contribution in [0.2, 0.25) is 0 Å². The van der Waals surface area contributed by atoms with Crippen molar-refractivity contribution in [2.75, 3.05) is 6.61 Å². The summed E-state index contributed by atoms with van der Waals surface area (Å²) in [6.45, 7) is 5.60. The summed E-state index contributed by atoms with van der Waals surface area (Å²) in [6.07, 6.45) is 2.56. The smallest absolute Gasteiger partial charge is 0.413 e. The molecule has 0 saturated carbocycles. The lowest BCUT2D eigenvalue weighted by atomic mass is 10.1. The molecule has 1 aliphatic rings. The second-order valence-corrected chi connectivity index (χ2v) is 5.59. The number of ether oxygens (including phenoxy) is 2. The molecular formula is C17H21NO4. The number of nitrogens with zero attached hydrogens (tertiary/aromatic N) is 1. The summed E-state index contributed by atoms with van der Waals surface area (Å²) in [7, 11) is 0. The molecule has 1 fully saturated rings. The summed E-state index contributed by atoms with van der Waals surface area (Å²) >= 11 is 0. The Kier molecular flexibility index (Phi) is 4.98. The molecule has 5 heteroatoms. The number of hydrogen-bond donors (Lipinski definition) is 0. The largest absolute Gasteiger partial charge is 0.444 e. The van der Waals surface area contributed by atoms with Crippen LogP contribution in [0.1, 0.15) is 26.3 Å². The first-order valence-corrected chi connectivity index (χ1v) is 7.26. The van der Waals surface area contributed by atoms with Gasteiger partial charge in [-0.25, -0.2) is 4.79 Å². The molecule has 1 amide bonds. The molecule has 1 aromatic rings. The highest BCUT2D eigenvalue weighted by molar-refractivity contribution is 5.96. The fourth-order valence-electron chi connectivity index (χ4n) is 2.42. The average molecular weight is 303 g/mol. The Morgan fingerprint density at radius 3 is 2.68 bits per heavy atom. The van der Waals surface area contributed by atoms with Crippen LogP contribution >= 0.6 is 0 Å². The van der Waals surface area contributed by atoms with Gasteiger partial charge in [-0.2, -0.15) is 0 Å². The molecule has 0 N–H and O–H groups in total. The zero-order chi connectivity index (χ0) is 16.2. The van der Waals surface area contributed by atoms with Gasteiger partial charge in [0.15, 0.2) is 5.78 Å². The number of ketones is 1. The summed E-state index contributed by atoms with van der Waals surface area (Å²) < 4.78 is 10.9. The van der Waals surface area contributed by atoms with Gasteiger partial charge in [-0.3, -0.25) is 9.69 Å². The van der Waals surface area contributed by atoms with E-state index in [0.717, 1.165) is 5.56 Å². The van der Waals surface area contributed by atoms with E-state index in [1.807, 2.05) is 30.3 Å². The van der Waals surface area contributed by atoms with Crippen LogP contribution in [0.5, 0.6) is 0 Å². The van der Waals surface area contributed by atoms with Crippen molar-refractivity contribution in [2.24, 2.45) is 0 Å². The van der Waals surface area contributed by atoms with E-state index in [2.05, 4.69) is 0 Å². The fraction of sp³-hybridized carbons (Fsp3) is 0.412. The van der Waals surface area contributed by atoms with Gasteiger partial charge in [0.1, 0.15) is 18.4 Å². The highest BCUT2D eigenvalue weighted by atomic mass is 16.6. The highest BCUT2D eigenvalue weighted by Gasteiger charge is 2.47. The zero-order valence-electron chi connectivity index (χ0n) is 13.1. The van der Waals surface area contributed by atoms with Crippen molar-refractivity contribution in [1.29, 1.82) is 0 Å². The first kappa shape index (κ1) is 16.2. The predicted octanol–water partition coefficient (Wildman–Crippen LogP) is 2.91. The molecule has 22 heavy (non-hydrogen) atoms. The second kappa shape index (κ2) is 6.75. The van der Waals surface area contributed by atoms with E-state index in [1.165, 1.54) is 11.0 Å². The maximum absolute atomic E-state index is 12.4. The molecule has 0 aromatic heterocycles. The quantitative estimate of drug-likeness (QED) is 0.803. The molecule has 118 valence electrons. The molecule has 0 spiro atoms. The van der Waals surface area contributed by atoms with E-state index in [4.69, 9.17) is 9.47 Å². The lowest BCUT2D eigenvalue weighted by Gasteiger charge is -2.31. The standard InChI is InChI=1S/C17H21NO4/c1-4-8-15(19)14-12-22-17(2,3)18(14)16(20)21-11-13-9-6-5-7-10-13/h4-10,14H,11-12H2,1-3H3/b8-4+/t14-/m1/s1. The minimum atomic E-state index is -0.865. The van der Waals surface area contributed by atoms with Gasteiger partial charge in [0.05, 0.1) is 6.61 Å². The van der Waals surface area contributed by atoms with Crippen LogP contribution in [0.25, 0.3) is 0 Å². The molecule has 2 rings (SSSR count). The van der Waals surface area contributed by atoms with E-state index < -0.39 is 17.9 Å². The van der Waals surface area contributed by atoms with Gasteiger partial charge in [0.25, 0.3) is 0 Å². The number of benzene rings is 1. The molecule has 0 unspecified atom stereocenters. The van der Waals surface area contributed by atoms with Crippen LogP contribution in [-0.4, -0.2) is 35.2 Å². The molecule has 1 aliphatic heterocycles. The van der Waals surface area contributed by atoms with Gasteiger partial charge in [-0.1, -0.05) is 36.4 Å². The summed E-state index contributed by atoms with van der Waals surface area (Å²) in [5.74, 6) is -0.162. The summed E-state index contributed by atoms with van der Waals surface area (Å²) in [6, 6.07) is 8.76. The van der Waals surface area contributed by atoms with E-state index in [-0.39, 0.29) is 19.0 Å². The van der Waals surface area contributed by atoms with Crippen molar-refractivity contribution in [3.8, 4) is 0 Å². The van der Waals surface area contributed by atoms with Gasteiger partial charge < -0.3 is 9.47 Å². The Hall–Kier alpha value is -2.14. The number of hydrogen-bond acceptors (Lipinski definition) is 4. The van der Waals surface area contributed by atoms with Crippen LogP contribution in [0.3, 0.4) is 0 Å². The van der Waals surface area contributed by atoms with E-state index in [1.54, 1.807) is 26.8 Å². The monoisotopic (exact) mass is 303 g/mol. The van der Waals surface area contributed by atoms with Gasteiger partial charge in [-0.05, 0) is 32.4 Å². The number of rotatable bonds is 4. The second-order valence-electron chi connectivity index (χ2n) is 5.59. The van der Waals surface area contributed by atoms with Gasteiger partial charge >= 0.3 is 6.09 Å². The Morgan fingerprint density at radius 2 is 2.05 bits per heavy atom. The first-order chi connectivity index (χ1) is 10.5. The van der Waals surface area contributed by atoms with Crippen molar-refractivity contribution in [2.45, 2.75) is 39.1 Å². The minimum absolute atomic E-state index is 0.162. The molecule has 1 saturated heterocycles. The molecule has 0 aliphatic carbocycles. The molecule has 0 radical (unpaired) electrons. The molecule has 1 atom stereocenters. The summed E-state index contributed by atoms with van der Waals surface area (Å²) in [5, 5.41) is 0. The maximum atomic E-state index is 12.4. The van der Waals surface area contributed by atoms with Crippen molar-refractivity contribution < 1.29 is 19.1 Å². The van der Waals surface area contributed by atoms with E-state index >= 15 is 0 Å². The molecule has 0 bridgehead atoms. The number of amides is 1. The predicted molar refractivity (Wildman–Crippen MR) is 82.1 cm³/mol. The van der Waals surface area contributed by atoms with Gasteiger partial charge in [0, 0.05) is 0 Å². The van der Waals surface area contributed by atoms with Crippen LogP contribution < -0.4 is 0 Å². The Balaban J connectivity index is 2.08.